The summed E-state index contributed by atoms with van der Waals surface area (Å²) in [4.78, 5) is 0. The Morgan fingerprint density at radius 3 is 1.76 bits per heavy atom. The van der Waals surface area contributed by atoms with Gasteiger partial charge in [-0.05, 0) is 24.7 Å². The SMILES string of the molecule is C=CCO[SiH](OCCC(C)C)OCCC(C)C. The van der Waals surface area contributed by atoms with Crippen molar-refractivity contribution in [2.45, 2.75) is 40.5 Å². The fourth-order valence-electron chi connectivity index (χ4n) is 1.09. The van der Waals surface area contributed by atoms with Gasteiger partial charge in [0.2, 0.25) is 0 Å². The standard InChI is InChI=1S/C13H28O3Si/c1-6-9-14-17(15-10-7-12(2)3)16-11-8-13(4)5/h6,12-13,17H,1,7-11H2,2-5H3. The predicted molar refractivity (Wildman–Crippen MR) is 74.1 cm³/mol. The van der Waals surface area contributed by atoms with Crippen molar-refractivity contribution in [2.24, 2.45) is 11.8 Å². The summed E-state index contributed by atoms with van der Waals surface area (Å²) in [6.45, 7) is 14.3. The van der Waals surface area contributed by atoms with E-state index in [1.807, 2.05) is 0 Å². The zero-order chi connectivity index (χ0) is 13.1. The van der Waals surface area contributed by atoms with E-state index in [1.165, 1.54) is 0 Å². The lowest BCUT2D eigenvalue weighted by Gasteiger charge is -2.17. The smallest absolute Gasteiger partial charge is 0.376 e. The second-order valence-electron chi connectivity index (χ2n) is 5.02. The van der Waals surface area contributed by atoms with Crippen molar-refractivity contribution in [3.63, 3.8) is 0 Å². The Balaban J connectivity index is 3.74. The van der Waals surface area contributed by atoms with Crippen LogP contribution in [0, 0.1) is 11.8 Å². The van der Waals surface area contributed by atoms with E-state index >= 15 is 0 Å². The van der Waals surface area contributed by atoms with E-state index in [4.69, 9.17) is 13.3 Å². The average Bonchev–Trinajstić information content (AvgIpc) is 2.24. The van der Waals surface area contributed by atoms with Gasteiger partial charge in [-0.25, -0.2) is 0 Å². The molecule has 0 bridgehead atoms. The van der Waals surface area contributed by atoms with E-state index in [-0.39, 0.29) is 0 Å². The van der Waals surface area contributed by atoms with Crippen molar-refractivity contribution >= 4 is 9.53 Å². The Hall–Kier alpha value is -0.163. The molecule has 0 unspecified atom stereocenters. The molecule has 0 rings (SSSR count). The van der Waals surface area contributed by atoms with E-state index in [2.05, 4.69) is 34.3 Å². The van der Waals surface area contributed by atoms with Crippen molar-refractivity contribution in [1.29, 1.82) is 0 Å². The van der Waals surface area contributed by atoms with Crippen molar-refractivity contribution in [3.05, 3.63) is 12.7 Å². The summed E-state index contributed by atoms with van der Waals surface area (Å²) in [6, 6.07) is 0. The van der Waals surface area contributed by atoms with Crippen molar-refractivity contribution in [1.82, 2.24) is 0 Å². The Labute approximate surface area is 108 Å². The highest BCUT2D eigenvalue weighted by Gasteiger charge is 2.15. The van der Waals surface area contributed by atoms with Crippen LogP contribution >= 0.6 is 0 Å². The van der Waals surface area contributed by atoms with Gasteiger partial charge < -0.3 is 13.3 Å². The maximum atomic E-state index is 5.68. The quantitative estimate of drug-likeness (QED) is 0.422. The summed E-state index contributed by atoms with van der Waals surface area (Å²) in [5.74, 6) is 1.31. The van der Waals surface area contributed by atoms with Gasteiger partial charge >= 0.3 is 9.53 Å². The lowest BCUT2D eigenvalue weighted by Crippen LogP contribution is -2.29. The first-order valence-corrected chi connectivity index (χ1v) is 7.93. The summed E-state index contributed by atoms with van der Waals surface area (Å²) in [6.07, 6.45) is 3.83. The van der Waals surface area contributed by atoms with Crippen LogP contribution in [-0.4, -0.2) is 29.3 Å². The molecular formula is C13H28O3Si. The first-order chi connectivity index (χ1) is 8.06. The lowest BCUT2D eigenvalue weighted by atomic mass is 10.2. The van der Waals surface area contributed by atoms with Gasteiger partial charge in [-0.15, -0.1) is 6.58 Å². The zero-order valence-electron chi connectivity index (χ0n) is 11.8. The summed E-state index contributed by atoms with van der Waals surface area (Å²) in [5, 5.41) is 0. The molecule has 0 amide bonds. The normalized spacial score (nSPS) is 11.7. The monoisotopic (exact) mass is 260 g/mol. The van der Waals surface area contributed by atoms with Crippen LogP contribution in [0.5, 0.6) is 0 Å². The molecule has 4 heteroatoms. The molecule has 0 atom stereocenters. The highest BCUT2D eigenvalue weighted by molar-refractivity contribution is 6.36. The second-order valence-corrected chi connectivity index (χ2v) is 6.59. The number of hydrogen-bond acceptors (Lipinski definition) is 3. The number of hydrogen-bond donors (Lipinski definition) is 0. The minimum absolute atomic E-state index is 0.514. The third-order valence-electron chi connectivity index (χ3n) is 2.25. The van der Waals surface area contributed by atoms with Crippen molar-refractivity contribution in [3.8, 4) is 0 Å². The lowest BCUT2D eigenvalue weighted by molar-refractivity contribution is 0.0943. The third kappa shape index (κ3) is 12.1. The molecule has 0 saturated heterocycles. The molecule has 0 N–H and O–H groups in total. The zero-order valence-corrected chi connectivity index (χ0v) is 12.9. The topological polar surface area (TPSA) is 27.7 Å². The molecule has 0 saturated carbocycles. The van der Waals surface area contributed by atoms with Crippen LogP contribution in [0.4, 0.5) is 0 Å². The summed E-state index contributed by atoms with van der Waals surface area (Å²) in [5.41, 5.74) is 0. The molecule has 0 aromatic carbocycles. The van der Waals surface area contributed by atoms with Crippen LogP contribution in [0.3, 0.4) is 0 Å². The van der Waals surface area contributed by atoms with Gasteiger partial charge in [-0.1, -0.05) is 33.8 Å². The Morgan fingerprint density at radius 1 is 0.941 bits per heavy atom. The average molecular weight is 260 g/mol. The van der Waals surface area contributed by atoms with Gasteiger partial charge in [0.15, 0.2) is 0 Å². The number of rotatable bonds is 11. The van der Waals surface area contributed by atoms with Gasteiger partial charge in [0, 0.05) is 13.2 Å². The molecule has 0 radical (unpaired) electrons. The molecule has 0 spiro atoms. The second kappa shape index (κ2) is 11.0. The Morgan fingerprint density at radius 2 is 1.41 bits per heavy atom. The molecule has 3 nitrogen and oxygen atoms in total. The Bertz CT molecular complexity index is 170. The van der Waals surface area contributed by atoms with Gasteiger partial charge in [0.1, 0.15) is 0 Å². The van der Waals surface area contributed by atoms with Gasteiger partial charge in [0.05, 0.1) is 6.61 Å². The molecule has 0 heterocycles. The van der Waals surface area contributed by atoms with Gasteiger partial charge in [0.25, 0.3) is 0 Å². The first-order valence-electron chi connectivity index (χ1n) is 6.52. The maximum absolute atomic E-state index is 5.68. The fraction of sp³-hybridized carbons (Fsp3) is 0.846. The molecular weight excluding hydrogens is 232 g/mol. The van der Waals surface area contributed by atoms with Crippen molar-refractivity contribution in [2.75, 3.05) is 19.8 Å². The minimum atomic E-state index is -1.94. The van der Waals surface area contributed by atoms with Crippen LogP contribution in [0.15, 0.2) is 12.7 Å². The van der Waals surface area contributed by atoms with E-state index in [0.717, 1.165) is 26.1 Å². The van der Waals surface area contributed by atoms with E-state index in [1.54, 1.807) is 6.08 Å². The summed E-state index contributed by atoms with van der Waals surface area (Å²) < 4.78 is 16.9. The summed E-state index contributed by atoms with van der Waals surface area (Å²) >= 11 is 0. The molecule has 0 aliphatic rings. The highest BCUT2D eigenvalue weighted by Crippen LogP contribution is 2.04. The van der Waals surface area contributed by atoms with E-state index in [9.17, 15) is 0 Å². The van der Waals surface area contributed by atoms with E-state index < -0.39 is 9.53 Å². The van der Waals surface area contributed by atoms with Gasteiger partial charge in [-0.2, -0.15) is 0 Å². The van der Waals surface area contributed by atoms with Crippen LogP contribution in [0.1, 0.15) is 40.5 Å². The van der Waals surface area contributed by atoms with Gasteiger partial charge in [-0.3, -0.25) is 0 Å². The van der Waals surface area contributed by atoms with Crippen LogP contribution in [0.25, 0.3) is 0 Å². The maximum Gasteiger partial charge on any atom is 0.484 e. The summed E-state index contributed by atoms with van der Waals surface area (Å²) in [7, 11) is -1.94. The third-order valence-corrected chi connectivity index (χ3v) is 3.73. The molecule has 0 aromatic rings. The van der Waals surface area contributed by atoms with Crippen molar-refractivity contribution < 1.29 is 13.3 Å². The van der Waals surface area contributed by atoms with E-state index in [0.29, 0.717) is 18.4 Å². The van der Waals surface area contributed by atoms with Crippen LogP contribution in [0.2, 0.25) is 0 Å². The molecule has 17 heavy (non-hydrogen) atoms. The predicted octanol–water partition coefficient (Wildman–Crippen LogP) is 3.03. The molecule has 102 valence electrons. The van der Waals surface area contributed by atoms with Crippen LogP contribution < -0.4 is 0 Å². The fourth-order valence-corrected chi connectivity index (χ4v) is 2.33. The minimum Gasteiger partial charge on any atom is -0.376 e. The largest absolute Gasteiger partial charge is 0.484 e. The molecule has 0 fully saturated rings. The Kier molecular flexibility index (Phi) is 10.9. The molecule has 0 aliphatic carbocycles. The highest BCUT2D eigenvalue weighted by atomic mass is 28.3. The molecule has 0 aliphatic heterocycles. The first kappa shape index (κ1) is 16.8. The van der Waals surface area contributed by atoms with Crippen LogP contribution in [-0.2, 0) is 13.3 Å². The molecule has 0 aromatic heterocycles.